The molecule has 3 nitrogen and oxygen atoms in total. The van der Waals surface area contributed by atoms with E-state index in [0.29, 0.717) is 16.1 Å². The van der Waals surface area contributed by atoms with Gasteiger partial charge in [-0.3, -0.25) is 4.79 Å². The van der Waals surface area contributed by atoms with Crippen molar-refractivity contribution in [3.8, 4) is 0 Å². The van der Waals surface area contributed by atoms with Gasteiger partial charge in [0.2, 0.25) is 5.78 Å². The van der Waals surface area contributed by atoms with Gasteiger partial charge in [-0.25, -0.2) is 4.79 Å². The Morgan fingerprint density at radius 2 is 1.79 bits per heavy atom. The molecule has 0 amide bonds. The van der Waals surface area contributed by atoms with Gasteiger partial charge in [0.15, 0.2) is 6.10 Å². The summed E-state index contributed by atoms with van der Waals surface area (Å²) in [4.78, 5) is 24.2. The molecule has 0 fully saturated rings. The van der Waals surface area contributed by atoms with Crippen molar-refractivity contribution in [2.75, 3.05) is 0 Å². The first-order chi connectivity index (χ1) is 11.5. The minimum atomic E-state index is -0.846. The van der Waals surface area contributed by atoms with Crippen molar-refractivity contribution in [1.29, 1.82) is 0 Å². The molecule has 0 bridgehead atoms. The Morgan fingerprint density at radius 3 is 2.42 bits per heavy atom. The third-order valence-electron chi connectivity index (χ3n) is 3.61. The lowest BCUT2D eigenvalue weighted by Crippen LogP contribution is -2.23. The molecule has 2 aromatic rings. The van der Waals surface area contributed by atoms with Gasteiger partial charge in [-0.1, -0.05) is 61.0 Å². The van der Waals surface area contributed by atoms with E-state index in [4.69, 9.17) is 16.3 Å². The quantitative estimate of drug-likeness (QED) is 0.433. The molecule has 0 N–H and O–H groups in total. The third-order valence-corrected chi connectivity index (χ3v) is 3.96. The van der Waals surface area contributed by atoms with Crippen molar-refractivity contribution in [2.45, 2.75) is 26.4 Å². The first-order valence-corrected chi connectivity index (χ1v) is 8.15. The van der Waals surface area contributed by atoms with E-state index in [-0.39, 0.29) is 5.78 Å². The standard InChI is InChI=1S/C20H19ClO3/c1-3-15-8-10-17(11-9-15)20(23)14(2)24-19(22)13-12-16-6-4-5-7-18(16)21/h4-14H,3H2,1-2H3/b13-12+/t14-/m0/s1. The number of carbonyl (C=O) groups is 2. The monoisotopic (exact) mass is 342 g/mol. The van der Waals surface area contributed by atoms with Crippen LogP contribution in [-0.4, -0.2) is 17.9 Å². The summed E-state index contributed by atoms with van der Waals surface area (Å²) in [5, 5.41) is 0.543. The van der Waals surface area contributed by atoms with Crippen molar-refractivity contribution in [1.82, 2.24) is 0 Å². The molecule has 0 radical (unpaired) electrons. The molecule has 4 heteroatoms. The summed E-state index contributed by atoms with van der Waals surface area (Å²) in [6, 6.07) is 14.5. The number of hydrogen-bond acceptors (Lipinski definition) is 3. The summed E-state index contributed by atoms with van der Waals surface area (Å²) in [6.45, 7) is 3.61. The van der Waals surface area contributed by atoms with Gasteiger partial charge in [0, 0.05) is 16.7 Å². The fraction of sp³-hybridized carbons (Fsp3) is 0.200. The average Bonchev–Trinajstić information content (AvgIpc) is 2.60. The lowest BCUT2D eigenvalue weighted by Gasteiger charge is -2.11. The molecule has 0 spiro atoms. The fourth-order valence-electron chi connectivity index (χ4n) is 2.17. The smallest absolute Gasteiger partial charge is 0.331 e. The van der Waals surface area contributed by atoms with Crippen LogP contribution >= 0.6 is 11.6 Å². The Kier molecular flexibility index (Phi) is 6.33. The Bertz CT molecular complexity index is 748. The maximum atomic E-state index is 12.3. The van der Waals surface area contributed by atoms with Crippen LogP contribution < -0.4 is 0 Å². The van der Waals surface area contributed by atoms with Crippen molar-refractivity contribution in [3.63, 3.8) is 0 Å². The largest absolute Gasteiger partial charge is 0.451 e. The summed E-state index contributed by atoms with van der Waals surface area (Å²) in [5.41, 5.74) is 2.40. The van der Waals surface area contributed by atoms with E-state index in [1.54, 1.807) is 37.3 Å². The number of halogens is 1. The Hall–Kier alpha value is -2.39. The lowest BCUT2D eigenvalue weighted by molar-refractivity contribution is -0.140. The van der Waals surface area contributed by atoms with Gasteiger partial charge in [0.25, 0.3) is 0 Å². The van der Waals surface area contributed by atoms with Gasteiger partial charge in [-0.05, 0) is 36.6 Å². The molecule has 0 saturated carbocycles. The van der Waals surface area contributed by atoms with E-state index >= 15 is 0 Å². The minimum absolute atomic E-state index is 0.225. The van der Waals surface area contributed by atoms with Gasteiger partial charge in [-0.15, -0.1) is 0 Å². The number of aryl methyl sites for hydroxylation is 1. The molecule has 124 valence electrons. The number of rotatable bonds is 6. The SMILES string of the molecule is CCc1ccc(C(=O)[C@H](C)OC(=O)/C=C/c2ccccc2Cl)cc1. The van der Waals surface area contributed by atoms with Crippen LogP contribution in [0.1, 0.15) is 35.3 Å². The number of esters is 1. The highest BCUT2D eigenvalue weighted by Crippen LogP contribution is 2.16. The molecular weight excluding hydrogens is 324 g/mol. The van der Waals surface area contributed by atoms with Crippen LogP contribution in [0.3, 0.4) is 0 Å². The Balaban J connectivity index is 1.97. The van der Waals surface area contributed by atoms with Crippen LogP contribution in [0.5, 0.6) is 0 Å². The minimum Gasteiger partial charge on any atom is -0.451 e. The molecule has 0 aliphatic heterocycles. The molecule has 2 aromatic carbocycles. The zero-order chi connectivity index (χ0) is 17.5. The van der Waals surface area contributed by atoms with Crippen molar-refractivity contribution in [3.05, 3.63) is 76.3 Å². The Morgan fingerprint density at radius 1 is 1.12 bits per heavy atom. The summed E-state index contributed by atoms with van der Waals surface area (Å²) in [7, 11) is 0. The molecular formula is C20H19ClO3. The number of Topliss-reactive ketones (excluding diaryl/α,β-unsaturated/α-hetero) is 1. The molecule has 0 aromatic heterocycles. The van der Waals surface area contributed by atoms with Gasteiger partial charge in [-0.2, -0.15) is 0 Å². The van der Waals surface area contributed by atoms with Crippen LogP contribution in [0.15, 0.2) is 54.6 Å². The fourth-order valence-corrected chi connectivity index (χ4v) is 2.37. The highest BCUT2D eigenvalue weighted by molar-refractivity contribution is 6.32. The van der Waals surface area contributed by atoms with Gasteiger partial charge >= 0.3 is 5.97 Å². The van der Waals surface area contributed by atoms with Crippen molar-refractivity contribution in [2.24, 2.45) is 0 Å². The molecule has 0 unspecified atom stereocenters. The van der Waals surface area contributed by atoms with E-state index in [1.807, 2.05) is 31.2 Å². The topological polar surface area (TPSA) is 43.4 Å². The number of ketones is 1. The van der Waals surface area contributed by atoms with E-state index in [2.05, 4.69) is 0 Å². The zero-order valence-electron chi connectivity index (χ0n) is 13.7. The van der Waals surface area contributed by atoms with Crippen LogP contribution in [0.25, 0.3) is 6.08 Å². The van der Waals surface area contributed by atoms with Crippen molar-refractivity contribution < 1.29 is 14.3 Å². The van der Waals surface area contributed by atoms with Gasteiger partial charge in [0.1, 0.15) is 0 Å². The summed E-state index contributed by atoms with van der Waals surface area (Å²) in [5.74, 6) is -0.807. The number of benzene rings is 2. The molecule has 1 atom stereocenters. The van der Waals surface area contributed by atoms with Gasteiger partial charge < -0.3 is 4.74 Å². The summed E-state index contributed by atoms with van der Waals surface area (Å²) >= 11 is 6.01. The normalized spacial score (nSPS) is 12.1. The average molecular weight is 343 g/mol. The van der Waals surface area contributed by atoms with E-state index in [0.717, 1.165) is 12.0 Å². The van der Waals surface area contributed by atoms with E-state index in [9.17, 15) is 9.59 Å². The molecule has 0 saturated heterocycles. The second-order valence-electron chi connectivity index (χ2n) is 5.35. The number of carbonyl (C=O) groups excluding carboxylic acids is 2. The van der Waals surface area contributed by atoms with Crippen LogP contribution in [0, 0.1) is 0 Å². The molecule has 0 aliphatic rings. The first-order valence-electron chi connectivity index (χ1n) is 7.77. The van der Waals surface area contributed by atoms with Gasteiger partial charge in [0.05, 0.1) is 0 Å². The molecule has 0 heterocycles. The van der Waals surface area contributed by atoms with Crippen LogP contribution in [0.2, 0.25) is 5.02 Å². The van der Waals surface area contributed by atoms with E-state index < -0.39 is 12.1 Å². The van der Waals surface area contributed by atoms with E-state index in [1.165, 1.54) is 6.08 Å². The maximum absolute atomic E-state index is 12.3. The lowest BCUT2D eigenvalue weighted by atomic mass is 10.0. The van der Waals surface area contributed by atoms with Crippen LogP contribution in [0.4, 0.5) is 0 Å². The predicted molar refractivity (Wildman–Crippen MR) is 96.2 cm³/mol. The summed E-state index contributed by atoms with van der Waals surface area (Å²) in [6.07, 6.45) is 2.90. The third kappa shape index (κ3) is 4.80. The Labute approximate surface area is 146 Å². The second-order valence-corrected chi connectivity index (χ2v) is 5.76. The number of hydrogen-bond donors (Lipinski definition) is 0. The highest BCUT2D eigenvalue weighted by Gasteiger charge is 2.18. The first kappa shape index (κ1) is 18.0. The predicted octanol–water partition coefficient (Wildman–Crippen LogP) is 4.73. The number of ether oxygens (including phenoxy) is 1. The highest BCUT2D eigenvalue weighted by atomic mass is 35.5. The maximum Gasteiger partial charge on any atom is 0.331 e. The second kappa shape index (κ2) is 8.46. The van der Waals surface area contributed by atoms with Crippen molar-refractivity contribution >= 4 is 29.4 Å². The zero-order valence-corrected chi connectivity index (χ0v) is 14.4. The summed E-state index contributed by atoms with van der Waals surface area (Å²) < 4.78 is 5.17. The molecule has 2 rings (SSSR count). The van der Waals surface area contributed by atoms with Crippen LogP contribution in [-0.2, 0) is 16.0 Å². The molecule has 24 heavy (non-hydrogen) atoms. The molecule has 0 aliphatic carbocycles.